The highest BCUT2D eigenvalue weighted by atomic mass is 32.1. The van der Waals surface area contributed by atoms with E-state index in [-0.39, 0.29) is 0 Å². The van der Waals surface area contributed by atoms with Gasteiger partial charge in [-0.25, -0.2) is 0 Å². The van der Waals surface area contributed by atoms with Crippen molar-refractivity contribution >= 4 is 44.6 Å². The molecule has 1 heterocycles. The van der Waals surface area contributed by atoms with Crippen LogP contribution in [0, 0.1) is 0 Å². The number of hydrogen-bond donors (Lipinski definition) is 2. The Morgan fingerprint density at radius 3 is 3.11 bits per heavy atom. The molecule has 1 aromatic heterocycles. The van der Waals surface area contributed by atoms with Crippen molar-refractivity contribution < 1.29 is 0 Å². The van der Waals surface area contributed by atoms with E-state index in [0.29, 0.717) is 11.2 Å². The smallest absolute Gasteiger partial charge is 0.170 e. The molecule has 0 bridgehead atoms. The fourth-order valence-electron chi connectivity index (χ4n) is 1.85. The van der Waals surface area contributed by atoms with Crippen molar-refractivity contribution in [3.05, 3.63) is 24.4 Å². The minimum absolute atomic E-state index is 0.404. The number of nitrogens with one attached hydrogen (secondary N) is 2. The maximum atomic E-state index is 5.29. The zero-order valence-electron chi connectivity index (χ0n) is 10.6. The fourth-order valence-corrected chi connectivity index (χ4v) is 2.79. The first-order chi connectivity index (χ1) is 8.69. The number of hydrogen-bond acceptors (Lipinski definition) is 3. The third kappa shape index (κ3) is 3.40. The average Bonchev–Trinajstić information content (AvgIpc) is 2.76. The topological polar surface area (TPSA) is 37.0 Å². The molecule has 0 aliphatic heterocycles. The van der Waals surface area contributed by atoms with Gasteiger partial charge >= 0.3 is 0 Å². The molecule has 0 aliphatic rings. The summed E-state index contributed by atoms with van der Waals surface area (Å²) in [6.45, 7) is 4.32. The van der Waals surface area contributed by atoms with Gasteiger partial charge in [0.2, 0.25) is 0 Å². The van der Waals surface area contributed by atoms with Crippen molar-refractivity contribution in [3.63, 3.8) is 0 Å². The molecule has 96 valence electrons. The van der Waals surface area contributed by atoms with Crippen LogP contribution in [-0.4, -0.2) is 15.5 Å². The minimum Gasteiger partial charge on any atom is -0.360 e. The Hall–Kier alpha value is -1.20. The van der Waals surface area contributed by atoms with Gasteiger partial charge in [-0.3, -0.25) is 0 Å². The van der Waals surface area contributed by atoms with E-state index in [1.807, 2.05) is 12.3 Å². The van der Waals surface area contributed by atoms with E-state index >= 15 is 0 Å². The number of benzene rings is 1. The van der Waals surface area contributed by atoms with Crippen LogP contribution in [0.2, 0.25) is 0 Å². The third-order valence-corrected chi connectivity index (χ3v) is 3.71. The van der Waals surface area contributed by atoms with Gasteiger partial charge in [-0.15, -0.1) is 0 Å². The normalized spacial score (nSPS) is 12.3. The summed E-state index contributed by atoms with van der Waals surface area (Å²) in [7, 11) is 0. The molecule has 0 radical (unpaired) electrons. The van der Waals surface area contributed by atoms with E-state index in [9.17, 15) is 0 Å². The zero-order chi connectivity index (χ0) is 13.0. The van der Waals surface area contributed by atoms with E-state index < -0.39 is 0 Å². The molecule has 0 aliphatic carbocycles. The fraction of sp³-hybridized carbons (Fsp3) is 0.385. The van der Waals surface area contributed by atoms with Gasteiger partial charge < -0.3 is 10.6 Å². The summed E-state index contributed by atoms with van der Waals surface area (Å²) in [5, 5.41) is 8.32. The maximum Gasteiger partial charge on any atom is 0.170 e. The average molecular weight is 279 g/mol. The predicted octanol–water partition coefficient (Wildman–Crippen LogP) is 3.77. The Morgan fingerprint density at radius 2 is 2.33 bits per heavy atom. The quantitative estimate of drug-likeness (QED) is 0.835. The van der Waals surface area contributed by atoms with Crippen LogP contribution >= 0.6 is 23.8 Å². The number of aromatic nitrogens is 1. The van der Waals surface area contributed by atoms with Crippen molar-refractivity contribution in [2.45, 2.75) is 32.7 Å². The molecule has 0 unspecified atom stereocenters. The number of fused-ring (bicyclic) bond motifs is 1. The molecule has 0 saturated carbocycles. The van der Waals surface area contributed by atoms with Gasteiger partial charge in [0.15, 0.2) is 5.11 Å². The summed E-state index contributed by atoms with van der Waals surface area (Å²) in [5.41, 5.74) is 1.00. The second-order valence-electron chi connectivity index (χ2n) is 4.37. The zero-order valence-corrected chi connectivity index (χ0v) is 12.2. The largest absolute Gasteiger partial charge is 0.360 e. The van der Waals surface area contributed by atoms with Gasteiger partial charge in [-0.05, 0) is 55.3 Å². The molecule has 5 heteroatoms. The molecule has 1 aromatic carbocycles. The lowest BCUT2D eigenvalue weighted by molar-refractivity contribution is 0.599. The monoisotopic (exact) mass is 279 g/mol. The van der Waals surface area contributed by atoms with Crippen molar-refractivity contribution in [2.75, 3.05) is 5.32 Å². The van der Waals surface area contributed by atoms with E-state index in [1.165, 1.54) is 16.2 Å². The number of anilines is 1. The highest BCUT2D eigenvalue weighted by Gasteiger charge is 2.04. The molecular weight excluding hydrogens is 262 g/mol. The first-order valence-corrected chi connectivity index (χ1v) is 7.29. The Kier molecular flexibility index (Phi) is 4.49. The number of nitrogens with zero attached hydrogens (tertiary/aromatic N) is 1. The summed E-state index contributed by atoms with van der Waals surface area (Å²) >= 11 is 6.80. The van der Waals surface area contributed by atoms with E-state index in [1.54, 1.807) is 0 Å². The standard InChI is InChI=1S/C13H17N3S2/c1-3-4-9(2)15-13(17)16-11-5-6-12-10(7-11)8-14-18-12/h5-9H,3-4H2,1-2H3,(H2,15,16,17)/t9-/m0/s1. The third-order valence-electron chi connectivity index (χ3n) is 2.71. The second-order valence-corrected chi connectivity index (χ2v) is 5.61. The molecule has 0 fully saturated rings. The van der Waals surface area contributed by atoms with Gasteiger partial charge in [0.1, 0.15) is 0 Å². The van der Waals surface area contributed by atoms with Crippen LogP contribution in [0.25, 0.3) is 10.1 Å². The lowest BCUT2D eigenvalue weighted by Crippen LogP contribution is -2.35. The molecule has 2 N–H and O–H groups in total. The Balaban J connectivity index is 1.97. The summed E-state index contributed by atoms with van der Waals surface area (Å²) in [4.78, 5) is 0. The van der Waals surface area contributed by atoms with Gasteiger partial charge in [-0.1, -0.05) is 13.3 Å². The van der Waals surface area contributed by atoms with Crippen molar-refractivity contribution in [3.8, 4) is 0 Å². The number of thiocarbonyl (C=S) groups is 1. The summed E-state index contributed by atoms with van der Waals surface area (Å²) in [6, 6.07) is 6.56. The summed E-state index contributed by atoms with van der Waals surface area (Å²) in [5.74, 6) is 0. The van der Waals surface area contributed by atoms with E-state index in [4.69, 9.17) is 12.2 Å². The molecule has 0 spiro atoms. The maximum absolute atomic E-state index is 5.29. The minimum atomic E-state index is 0.404. The van der Waals surface area contributed by atoms with Gasteiger partial charge in [0, 0.05) is 23.3 Å². The first kappa shape index (κ1) is 13.2. The molecule has 18 heavy (non-hydrogen) atoms. The predicted molar refractivity (Wildman–Crippen MR) is 83.3 cm³/mol. The highest BCUT2D eigenvalue weighted by Crippen LogP contribution is 2.21. The Morgan fingerprint density at radius 1 is 1.50 bits per heavy atom. The second kappa shape index (κ2) is 6.11. The first-order valence-electron chi connectivity index (χ1n) is 6.11. The van der Waals surface area contributed by atoms with Gasteiger partial charge in [0.05, 0.1) is 4.70 Å². The summed E-state index contributed by atoms with van der Waals surface area (Å²) in [6.07, 6.45) is 4.15. The van der Waals surface area contributed by atoms with Crippen LogP contribution in [0.3, 0.4) is 0 Å². The van der Waals surface area contributed by atoms with E-state index in [0.717, 1.165) is 23.9 Å². The Labute approximate surface area is 117 Å². The molecule has 1 atom stereocenters. The van der Waals surface area contributed by atoms with Gasteiger partial charge in [0.25, 0.3) is 0 Å². The molecule has 0 saturated heterocycles. The van der Waals surface area contributed by atoms with Crippen LogP contribution in [0.15, 0.2) is 24.4 Å². The van der Waals surface area contributed by atoms with Crippen molar-refractivity contribution in [2.24, 2.45) is 0 Å². The van der Waals surface area contributed by atoms with Gasteiger partial charge in [-0.2, -0.15) is 4.37 Å². The van der Waals surface area contributed by atoms with Crippen LogP contribution in [0.4, 0.5) is 5.69 Å². The summed E-state index contributed by atoms with van der Waals surface area (Å²) < 4.78 is 5.35. The van der Waals surface area contributed by atoms with Crippen molar-refractivity contribution in [1.29, 1.82) is 0 Å². The molecule has 2 aromatic rings. The lowest BCUT2D eigenvalue weighted by atomic mass is 10.2. The molecule has 3 nitrogen and oxygen atoms in total. The lowest BCUT2D eigenvalue weighted by Gasteiger charge is -2.16. The molecular formula is C13H17N3S2. The SMILES string of the molecule is CCC[C@H](C)NC(=S)Nc1ccc2sncc2c1. The van der Waals surface area contributed by atoms with Crippen LogP contribution in [0.1, 0.15) is 26.7 Å². The van der Waals surface area contributed by atoms with Crippen LogP contribution in [-0.2, 0) is 0 Å². The van der Waals surface area contributed by atoms with Crippen LogP contribution < -0.4 is 10.6 Å². The molecule has 0 amide bonds. The van der Waals surface area contributed by atoms with E-state index in [2.05, 4.69) is 41.0 Å². The van der Waals surface area contributed by atoms with Crippen LogP contribution in [0.5, 0.6) is 0 Å². The van der Waals surface area contributed by atoms with Crippen molar-refractivity contribution in [1.82, 2.24) is 9.69 Å². The highest BCUT2D eigenvalue weighted by molar-refractivity contribution is 7.80. The Bertz CT molecular complexity index is 536. The molecule has 2 rings (SSSR count). The number of rotatable bonds is 4.